The van der Waals surface area contributed by atoms with E-state index in [0.717, 1.165) is 25.9 Å². The lowest BCUT2D eigenvalue weighted by atomic mass is 9.89. The third-order valence-electron chi connectivity index (χ3n) is 4.82. The minimum absolute atomic E-state index is 0.00231. The van der Waals surface area contributed by atoms with E-state index in [4.69, 9.17) is 4.74 Å². The van der Waals surface area contributed by atoms with Gasteiger partial charge < -0.3 is 10.1 Å². The minimum atomic E-state index is -0.157. The number of benzene rings is 2. The lowest BCUT2D eigenvalue weighted by Gasteiger charge is -2.20. The largest absolute Gasteiger partial charge is 0.466 e. The molecule has 0 spiro atoms. The van der Waals surface area contributed by atoms with Crippen molar-refractivity contribution in [3.63, 3.8) is 0 Å². The number of hydrogen-bond donors (Lipinski definition) is 1. The molecule has 0 unspecified atom stereocenters. The molecular formula is C27H43NO2. The van der Waals surface area contributed by atoms with Crippen LogP contribution in [0.15, 0.2) is 60.7 Å². The van der Waals surface area contributed by atoms with Gasteiger partial charge in [0.15, 0.2) is 0 Å². The van der Waals surface area contributed by atoms with Crippen LogP contribution in [-0.4, -0.2) is 12.6 Å². The number of ether oxygens (including phenoxy) is 1. The Morgan fingerprint density at radius 1 is 0.833 bits per heavy atom. The van der Waals surface area contributed by atoms with Crippen LogP contribution in [0.1, 0.15) is 78.4 Å². The van der Waals surface area contributed by atoms with Crippen molar-refractivity contribution in [2.45, 2.75) is 80.3 Å². The van der Waals surface area contributed by atoms with E-state index in [1.807, 2.05) is 53.7 Å². The smallest absolute Gasteiger partial charge is 0.311 e. The number of nitrogens with one attached hydrogen (secondary N) is 1. The van der Waals surface area contributed by atoms with E-state index in [1.165, 1.54) is 24.0 Å². The fraction of sp³-hybridized carbons (Fsp3) is 0.519. The zero-order valence-electron chi connectivity index (χ0n) is 20.0. The van der Waals surface area contributed by atoms with E-state index in [1.54, 1.807) is 0 Å². The van der Waals surface area contributed by atoms with Crippen LogP contribution < -0.4 is 5.32 Å². The Morgan fingerprint density at radius 3 is 1.60 bits per heavy atom. The van der Waals surface area contributed by atoms with Gasteiger partial charge in [-0.3, -0.25) is 4.79 Å². The second-order valence-corrected chi connectivity index (χ2v) is 7.06. The van der Waals surface area contributed by atoms with Gasteiger partial charge in [-0.05, 0) is 37.8 Å². The summed E-state index contributed by atoms with van der Waals surface area (Å²) in [6.45, 7) is 14.2. The molecule has 3 nitrogen and oxygen atoms in total. The van der Waals surface area contributed by atoms with Gasteiger partial charge in [0.2, 0.25) is 0 Å². The Morgan fingerprint density at radius 2 is 1.23 bits per heavy atom. The van der Waals surface area contributed by atoms with E-state index in [2.05, 4.69) is 53.8 Å². The van der Waals surface area contributed by atoms with Crippen LogP contribution in [0.25, 0.3) is 0 Å². The van der Waals surface area contributed by atoms with Gasteiger partial charge in [-0.25, -0.2) is 0 Å². The van der Waals surface area contributed by atoms with Crippen molar-refractivity contribution in [2.24, 2.45) is 5.41 Å². The van der Waals surface area contributed by atoms with Crippen molar-refractivity contribution < 1.29 is 9.53 Å². The Hall–Kier alpha value is -2.13. The Kier molecular flexibility index (Phi) is 16.4. The predicted octanol–water partition coefficient (Wildman–Crippen LogP) is 7.16. The summed E-state index contributed by atoms with van der Waals surface area (Å²) in [4.78, 5) is 11.3. The number of carbonyl (C=O) groups excluding carboxylic acids is 1. The molecule has 3 heteroatoms. The normalized spacial score (nSPS) is 13.4. The molecule has 1 N–H and O–H groups in total. The monoisotopic (exact) mass is 413 g/mol. The van der Waals surface area contributed by atoms with Gasteiger partial charge in [0.05, 0.1) is 12.0 Å². The summed E-state index contributed by atoms with van der Waals surface area (Å²) in [5.74, 6) is -0.00231. The first kappa shape index (κ1) is 27.9. The molecule has 2 aromatic rings. The van der Waals surface area contributed by atoms with Gasteiger partial charge in [-0.2, -0.15) is 0 Å². The van der Waals surface area contributed by atoms with Gasteiger partial charge >= 0.3 is 5.97 Å². The highest BCUT2D eigenvalue weighted by atomic mass is 16.5. The van der Waals surface area contributed by atoms with Gasteiger partial charge in [0.25, 0.3) is 0 Å². The Balaban J connectivity index is 0.000000498. The van der Waals surface area contributed by atoms with Crippen LogP contribution >= 0.6 is 0 Å². The van der Waals surface area contributed by atoms with Crippen LogP contribution in [0.2, 0.25) is 0 Å². The van der Waals surface area contributed by atoms with Crippen LogP contribution in [0.4, 0.5) is 0 Å². The summed E-state index contributed by atoms with van der Waals surface area (Å²) >= 11 is 0. The van der Waals surface area contributed by atoms with E-state index in [0.29, 0.717) is 6.61 Å². The van der Waals surface area contributed by atoms with Crippen molar-refractivity contribution in [1.82, 2.24) is 5.32 Å². The second-order valence-electron chi connectivity index (χ2n) is 7.06. The van der Waals surface area contributed by atoms with Crippen LogP contribution in [0.3, 0.4) is 0 Å². The average molecular weight is 414 g/mol. The highest BCUT2D eigenvalue weighted by Gasteiger charge is 2.37. The topological polar surface area (TPSA) is 38.3 Å². The maximum absolute atomic E-state index is 11.3. The molecule has 1 aliphatic rings. The summed E-state index contributed by atoms with van der Waals surface area (Å²) in [5, 5.41) is 3.42. The SMILES string of the molecule is CC.CC.CCOC(=O)C1(C)CCCC1.c1ccc(CNCc2ccccc2)cc1. The molecule has 0 bridgehead atoms. The van der Waals surface area contributed by atoms with E-state index in [9.17, 15) is 4.79 Å². The molecule has 1 saturated carbocycles. The second kappa shape index (κ2) is 17.7. The standard InChI is InChI=1S/C14H15N.C9H16O2.2C2H6/c1-3-7-13(8-4-1)11-15-12-14-9-5-2-6-10-14;1-3-11-8(10)9(2)6-4-5-7-9;2*1-2/h1-10,15H,11-12H2;3-7H2,1-2H3;2*1-2H3. The zero-order valence-corrected chi connectivity index (χ0v) is 20.0. The number of rotatable bonds is 6. The molecule has 1 aliphatic carbocycles. The van der Waals surface area contributed by atoms with Crippen LogP contribution in [-0.2, 0) is 22.6 Å². The summed E-state index contributed by atoms with van der Waals surface area (Å²) in [6.07, 6.45) is 4.36. The molecular weight excluding hydrogens is 370 g/mol. The predicted molar refractivity (Wildman–Crippen MR) is 129 cm³/mol. The number of carbonyl (C=O) groups is 1. The lowest BCUT2D eigenvalue weighted by molar-refractivity contribution is -0.154. The molecule has 168 valence electrons. The highest BCUT2D eigenvalue weighted by molar-refractivity contribution is 5.76. The molecule has 0 aromatic heterocycles. The van der Waals surface area contributed by atoms with Gasteiger partial charge in [-0.1, -0.05) is 101 Å². The molecule has 1 fully saturated rings. The molecule has 0 atom stereocenters. The third kappa shape index (κ3) is 11.2. The Bertz CT molecular complexity index is 595. The van der Waals surface area contributed by atoms with Crippen molar-refractivity contribution in [1.29, 1.82) is 0 Å². The maximum Gasteiger partial charge on any atom is 0.311 e. The minimum Gasteiger partial charge on any atom is -0.466 e. The lowest BCUT2D eigenvalue weighted by Crippen LogP contribution is -2.26. The van der Waals surface area contributed by atoms with Crippen molar-refractivity contribution >= 4 is 5.97 Å². The molecule has 0 amide bonds. The summed E-state index contributed by atoms with van der Waals surface area (Å²) in [7, 11) is 0. The highest BCUT2D eigenvalue weighted by Crippen LogP contribution is 2.38. The van der Waals surface area contributed by atoms with E-state index in [-0.39, 0.29) is 11.4 Å². The van der Waals surface area contributed by atoms with Gasteiger partial charge in [0, 0.05) is 13.1 Å². The first-order valence-corrected chi connectivity index (χ1v) is 11.6. The fourth-order valence-electron chi connectivity index (χ4n) is 3.21. The van der Waals surface area contributed by atoms with E-state index >= 15 is 0 Å². The van der Waals surface area contributed by atoms with Crippen molar-refractivity contribution in [2.75, 3.05) is 6.61 Å². The van der Waals surface area contributed by atoms with Crippen molar-refractivity contribution in [3.8, 4) is 0 Å². The van der Waals surface area contributed by atoms with Gasteiger partial charge in [-0.15, -0.1) is 0 Å². The summed E-state index contributed by atoms with van der Waals surface area (Å²) in [5.41, 5.74) is 2.50. The van der Waals surface area contributed by atoms with E-state index < -0.39 is 0 Å². The first-order chi connectivity index (χ1) is 14.6. The molecule has 0 saturated heterocycles. The summed E-state index contributed by atoms with van der Waals surface area (Å²) in [6, 6.07) is 20.9. The van der Waals surface area contributed by atoms with Crippen LogP contribution in [0, 0.1) is 5.41 Å². The number of hydrogen-bond acceptors (Lipinski definition) is 3. The molecule has 3 rings (SSSR count). The number of esters is 1. The Labute approximate surface area is 185 Å². The molecule has 30 heavy (non-hydrogen) atoms. The van der Waals surface area contributed by atoms with Crippen molar-refractivity contribution in [3.05, 3.63) is 71.8 Å². The molecule has 0 radical (unpaired) electrons. The average Bonchev–Trinajstić information content (AvgIpc) is 3.27. The maximum atomic E-state index is 11.3. The molecule has 0 heterocycles. The van der Waals surface area contributed by atoms with Gasteiger partial charge in [0.1, 0.15) is 0 Å². The molecule has 0 aliphatic heterocycles. The zero-order chi connectivity index (χ0) is 22.7. The molecule has 2 aromatic carbocycles. The fourth-order valence-corrected chi connectivity index (χ4v) is 3.21. The van der Waals surface area contributed by atoms with Crippen LogP contribution in [0.5, 0.6) is 0 Å². The summed E-state index contributed by atoms with van der Waals surface area (Å²) < 4.78 is 4.99. The third-order valence-corrected chi connectivity index (χ3v) is 4.82. The quantitative estimate of drug-likeness (QED) is 0.511. The first-order valence-electron chi connectivity index (χ1n) is 11.6.